The van der Waals surface area contributed by atoms with Crippen LogP contribution in [0, 0.1) is 12.3 Å². The standard InChI is InChI=1S/C31H28BrN3O6/c1-17(2)40-29(38)24-23(14-20(32)15-33-24)35-30(39)31(12-13-31)16-34-28(37)22-11-7-10-21-25(36)18(3)26(41-27(21)22)19-8-5-4-6-9-19/h4-11,14-15,17H,12-13,16H2,1-3H3,(H,34,37)(H,35,39). The van der Waals surface area contributed by atoms with Gasteiger partial charge < -0.3 is 19.8 Å². The number of rotatable bonds is 8. The van der Waals surface area contributed by atoms with Crippen molar-refractivity contribution < 1.29 is 23.5 Å². The Morgan fingerprint density at radius 1 is 1.10 bits per heavy atom. The molecule has 2 aromatic carbocycles. The number of carbonyl (C=O) groups is 3. The highest BCUT2D eigenvalue weighted by molar-refractivity contribution is 9.10. The van der Waals surface area contributed by atoms with Crippen molar-refractivity contribution in [2.75, 3.05) is 11.9 Å². The number of hydrogen-bond acceptors (Lipinski definition) is 7. The van der Waals surface area contributed by atoms with Crippen molar-refractivity contribution >= 4 is 50.4 Å². The van der Waals surface area contributed by atoms with Crippen LogP contribution >= 0.6 is 15.9 Å². The molecule has 9 nitrogen and oxygen atoms in total. The number of pyridine rings is 1. The summed E-state index contributed by atoms with van der Waals surface area (Å²) in [4.78, 5) is 56.5. The molecule has 0 atom stereocenters. The van der Waals surface area contributed by atoms with Gasteiger partial charge >= 0.3 is 5.97 Å². The molecule has 0 aliphatic heterocycles. The molecule has 1 saturated carbocycles. The highest BCUT2D eigenvalue weighted by atomic mass is 79.9. The topological polar surface area (TPSA) is 128 Å². The average molecular weight is 618 g/mol. The molecule has 2 heterocycles. The summed E-state index contributed by atoms with van der Waals surface area (Å²) in [6.45, 7) is 5.21. The second kappa shape index (κ2) is 11.3. The zero-order valence-electron chi connectivity index (χ0n) is 22.7. The molecular formula is C31H28BrN3O6. The van der Waals surface area contributed by atoms with Crippen LogP contribution in [0.5, 0.6) is 0 Å². The second-order valence-electron chi connectivity index (χ2n) is 10.4. The number of amides is 2. The van der Waals surface area contributed by atoms with Gasteiger partial charge in [0.05, 0.1) is 28.2 Å². The maximum absolute atomic E-state index is 13.4. The maximum atomic E-state index is 13.4. The van der Waals surface area contributed by atoms with Crippen LogP contribution in [-0.2, 0) is 9.53 Å². The Kier molecular flexibility index (Phi) is 7.77. The van der Waals surface area contributed by atoms with Gasteiger partial charge in [-0.25, -0.2) is 9.78 Å². The summed E-state index contributed by atoms with van der Waals surface area (Å²) in [5.41, 5.74) is 0.698. The first-order valence-electron chi connectivity index (χ1n) is 13.2. The fourth-order valence-electron chi connectivity index (χ4n) is 4.55. The molecular weight excluding hydrogens is 590 g/mol. The average Bonchev–Trinajstić information content (AvgIpc) is 3.75. The van der Waals surface area contributed by atoms with E-state index in [4.69, 9.17) is 9.15 Å². The first-order valence-corrected chi connectivity index (χ1v) is 14.0. The Balaban J connectivity index is 1.37. The van der Waals surface area contributed by atoms with Crippen LogP contribution in [-0.4, -0.2) is 35.4 Å². The van der Waals surface area contributed by atoms with Crippen molar-refractivity contribution in [3.05, 3.63) is 92.3 Å². The van der Waals surface area contributed by atoms with Crippen molar-refractivity contribution in [3.63, 3.8) is 0 Å². The summed E-state index contributed by atoms with van der Waals surface area (Å²) in [7, 11) is 0. The van der Waals surface area contributed by atoms with Gasteiger partial charge in [-0.15, -0.1) is 0 Å². The number of nitrogens with one attached hydrogen (secondary N) is 2. The number of nitrogens with zero attached hydrogens (tertiary/aromatic N) is 1. The molecule has 2 aromatic heterocycles. The van der Waals surface area contributed by atoms with Crippen LogP contribution < -0.4 is 16.1 Å². The molecule has 1 fully saturated rings. The minimum atomic E-state index is -0.853. The largest absolute Gasteiger partial charge is 0.458 e. The van der Waals surface area contributed by atoms with Crippen LogP contribution in [0.3, 0.4) is 0 Å². The normalized spacial score (nSPS) is 13.6. The molecule has 1 aliphatic rings. The monoisotopic (exact) mass is 617 g/mol. The number of aromatic nitrogens is 1. The van der Waals surface area contributed by atoms with E-state index in [1.165, 1.54) is 6.20 Å². The SMILES string of the molecule is Cc1c(-c2ccccc2)oc2c(C(=O)NCC3(C(=O)Nc4cc(Br)cnc4C(=O)OC(C)C)CC3)cccc2c1=O. The van der Waals surface area contributed by atoms with Crippen molar-refractivity contribution in [2.24, 2.45) is 5.41 Å². The molecule has 0 radical (unpaired) electrons. The van der Waals surface area contributed by atoms with Gasteiger partial charge in [0.25, 0.3) is 5.91 Å². The lowest BCUT2D eigenvalue weighted by molar-refractivity contribution is -0.120. The van der Waals surface area contributed by atoms with Crippen molar-refractivity contribution in [1.82, 2.24) is 10.3 Å². The molecule has 0 saturated heterocycles. The fourth-order valence-corrected chi connectivity index (χ4v) is 4.89. The van der Waals surface area contributed by atoms with Gasteiger partial charge in [-0.1, -0.05) is 36.4 Å². The Morgan fingerprint density at radius 2 is 1.83 bits per heavy atom. The smallest absolute Gasteiger partial charge is 0.359 e. The van der Waals surface area contributed by atoms with E-state index >= 15 is 0 Å². The third-order valence-corrected chi connectivity index (χ3v) is 7.42. The van der Waals surface area contributed by atoms with E-state index in [-0.39, 0.29) is 46.5 Å². The molecule has 210 valence electrons. The lowest BCUT2D eigenvalue weighted by Crippen LogP contribution is -2.37. The second-order valence-corrected chi connectivity index (χ2v) is 11.3. The van der Waals surface area contributed by atoms with E-state index in [0.717, 1.165) is 5.56 Å². The number of benzene rings is 2. The minimum absolute atomic E-state index is 0.00890. The maximum Gasteiger partial charge on any atom is 0.359 e. The number of esters is 1. The summed E-state index contributed by atoms with van der Waals surface area (Å²) in [6.07, 6.45) is 2.20. The number of anilines is 1. The molecule has 0 bridgehead atoms. The summed E-state index contributed by atoms with van der Waals surface area (Å²) in [5, 5.41) is 5.95. The van der Waals surface area contributed by atoms with Gasteiger partial charge in [0.2, 0.25) is 5.91 Å². The molecule has 2 N–H and O–H groups in total. The summed E-state index contributed by atoms with van der Waals surface area (Å²) >= 11 is 3.32. The zero-order valence-corrected chi connectivity index (χ0v) is 24.3. The van der Waals surface area contributed by atoms with Crippen molar-refractivity contribution in [3.8, 4) is 11.3 Å². The fraction of sp³-hybridized carbons (Fsp3) is 0.258. The van der Waals surface area contributed by atoms with Crippen LogP contribution in [0.2, 0.25) is 0 Å². The van der Waals surface area contributed by atoms with Crippen molar-refractivity contribution in [1.29, 1.82) is 0 Å². The minimum Gasteiger partial charge on any atom is -0.458 e. The Morgan fingerprint density at radius 3 is 2.51 bits per heavy atom. The van der Waals surface area contributed by atoms with E-state index in [0.29, 0.717) is 34.0 Å². The number of halogens is 1. The van der Waals surface area contributed by atoms with E-state index in [1.807, 2.05) is 30.3 Å². The molecule has 2 amide bonds. The summed E-state index contributed by atoms with van der Waals surface area (Å²) in [6, 6.07) is 15.7. The van der Waals surface area contributed by atoms with E-state index in [9.17, 15) is 19.2 Å². The van der Waals surface area contributed by atoms with Crippen LogP contribution in [0.15, 0.2) is 74.5 Å². The molecule has 0 unspecified atom stereocenters. The third-order valence-electron chi connectivity index (χ3n) is 6.99. The van der Waals surface area contributed by atoms with Gasteiger partial charge in [0.15, 0.2) is 16.7 Å². The first-order chi connectivity index (χ1) is 19.6. The van der Waals surface area contributed by atoms with Crippen LogP contribution in [0.25, 0.3) is 22.3 Å². The van der Waals surface area contributed by atoms with Gasteiger partial charge in [-0.3, -0.25) is 14.4 Å². The molecule has 0 spiro atoms. The lowest BCUT2D eigenvalue weighted by atomic mass is 10.0. The van der Waals surface area contributed by atoms with Gasteiger partial charge in [0.1, 0.15) is 5.76 Å². The van der Waals surface area contributed by atoms with E-state index < -0.39 is 17.3 Å². The van der Waals surface area contributed by atoms with Crippen LogP contribution in [0.4, 0.5) is 5.69 Å². The molecule has 5 rings (SSSR count). The Bertz CT molecular complexity index is 1730. The number of carbonyl (C=O) groups excluding carboxylic acids is 3. The van der Waals surface area contributed by atoms with Crippen LogP contribution in [0.1, 0.15) is 53.1 Å². The summed E-state index contributed by atoms with van der Waals surface area (Å²) < 4.78 is 12.0. The molecule has 1 aliphatic carbocycles. The van der Waals surface area contributed by atoms with E-state index in [1.54, 1.807) is 45.0 Å². The van der Waals surface area contributed by atoms with Gasteiger partial charge in [0, 0.05) is 28.3 Å². The predicted molar refractivity (Wildman–Crippen MR) is 158 cm³/mol. The number of hydrogen-bond donors (Lipinski definition) is 2. The highest BCUT2D eigenvalue weighted by Gasteiger charge is 2.50. The first kappa shape index (κ1) is 28.2. The van der Waals surface area contributed by atoms with Gasteiger partial charge in [-0.05, 0) is 67.7 Å². The highest BCUT2D eigenvalue weighted by Crippen LogP contribution is 2.46. The summed E-state index contributed by atoms with van der Waals surface area (Å²) in [5.74, 6) is -1.06. The predicted octanol–water partition coefficient (Wildman–Crippen LogP) is 5.64. The lowest BCUT2D eigenvalue weighted by Gasteiger charge is -2.18. The number of ether oxygens (including phenoxy) is 1. The zero-order chi connectivity index (χ0) is 29.3. The molecule has 10 heteroatoms. The quantitative estimate of drug-likeness (QED) is 0.245. The third kappa shape index (κ3) is 5.78. The van der Waals surface area contributed by atoms with Crippen molar-refractivity contribution in [2.45, 2.75) is 39.7 Å². The number of fused-ring (bicyclic) bond motifs is 1. The number of para-hydroxylation sites is 1. The molecule has 41 heavy (non-hydrogen) atoms. The molecule has 4 aromatic rings. The Labute approximate surface area is 244 Å². The van der Waals surface area contributed by atoms with E-state index in [2.05, 4.69) is 31.5 Å². The Hall–Kier alpha value is -4.31. The van der Waals surface area contributed by atoms with Gasteiger partial charge in [-0.2, -0.15) is 0 Å².